The fraction of sp³-hybridized carbons (Fsp3) is 0.222. The smallest absolute Gasteiger partial charge is 0.270 e. The summed E-state index contributed by atoms with van der Waals surface area (Å²) in [5.74, 6) is -0.304. The zero-order chi connectivity index (χ0) is 17.6. The number of carbonyl (C=O) groups excluding carboxylic acids is 1. The Balaban J connectivity index is 1.81. The number of aromatic nitrogens is 1. The van der Waals surface area contributed by atoms with Crippen LogP contribution in [-0.2, 0) is 12.8 Å². The number of fused-ring (bicyclic) bond motifs is 2. The van der Waals surface area contributed by atoms with Gasteiger partial charge in [-0.25, -0.2) is 4.98 Å². The second-order valence-corrected chi connectivity index (χ2v) is 7.13. The van der Waals surface area contributed by atoms with Gasteiger partial charge < -0.3 is 5.73 Å². The van der Waals surface area contributed by atoms with E-state index >= 15 is 0 Å². The molecule has 126 valence electrons. The van der Waals surface area contributed by atoms with E-state index in [2.05, 4.69) is 0 Å². The second kappa shape index (κ2) is 5.93. The molecule has 4 rings (SSSR count). The summed E-state index contributed by atoms with van der Waals surface area (Å²) >= 11 is 1.26. The molecule has 0 fully saturated rings. The first-order valence-corrected chi connectivity index (χ1v) is 8.86. The molecular formula is C18H15N3O3S. The molecule has 6 nitrogen and oxygen atoms in total. The van der Waals surface area contributed by atoms with Crippen LogP contribution in [0.2, 0.25) is 0 Å². The number of nitrogen functional groups attached to an aromatic ring is 1. The molecule has 0 aliphatic heterocycles. The number of anilines is 1. The van der Waals surface area contributed by atoms with Crippen LogP contribution in [0.4, 0.5) is 11.4 Å². The fourth-order valence-electron chi connectivity index (χ4n) is 3.22. The number of non-ortho nitro benzene ring substituents is 1. The molecule has 0 atom stereocenters. The van der Waals surface area contributed by atoms with Crippen molar-refractivity contribution in [3.63, 3.8) is 0 Å². The molecule has 2 aromatic heterocycles. The van der Waals surface area contributed by atoms with E-state index in [0.29, 0.717) is 10.6 Å². The van der Waals surface area contributed by atoms with Gasteiger partial charge >= 0.3 is 0 Å². The normalized spacial score (nSPS) is 13.6. The third-order valence-corrected chi connectivity index (χ3v) is 5.64. The Morgan fingerprint density at radius 3 is 2.84 bits per heavy atom. The van der Waals surface area contributed by atoms with Crippen LogP contribution in [0.1, 0.15) is 39.3 Å². The van der Waals surface area contributed by atoms with Crippen molar-refractivity contribution in [1.82, 2.24) is 4.98 Å². The number of pyridine rings is 1. The summed E-state index contributed by atoms with van der Waals surface area (Å²) in [6.07, 6.45) is 4.22. The zero-order valence-corrected chi connectivity index (χ0v) is 14.1. The number of hydrogen-bond donors (Lipinski definition) is 1. The molecule has 0 saturated heterocycles. The van der Waals surface area contributed by atoms with Gasteiger partial charge in [-0.15, -0.1) is 11.3 Å². The molecule has 0 unspecified atom stereocenters. The summed E-state index contributed by atoms with van der Waals surface area (Å²) in [5.41, 5.74) is 9.09. The van der Waals surface area contributed by atoms with Crippen LogP contribution in [0.25, 0.3) is 10.2 Å². The Morgan fingerprint density at radius 1 is 1.24 bits per heavy atom. The van der Waals surface area contributed by atoms with Gasteiger partial charge in [0.05, 0.1) is 10.6 Å². The van der Waals surface area contributed by atoms with Gasteiger partial charge in [0.1, 0.15) is 9.71 Å². The molecule has 1 aliphatic rings. The number of hydrogen-bond acceptors (Lipinski definition) is 6. The predicted octanol–water partition coefficient (Wildman–Crippen LogP) is 3.90. The van der Waals surface area contributed by atoms with E-state index in [1.807, 2.05) is 6.07 Å². The standard InChI is InChI=1S/C18H15N3O3S/c19-15-13-9-10-4-1-2-7-14(10)20-18(13)25-17(15)16(22)11-5-3-6-12(8-11)21(23)24/h3,5-6,8-9H,1-2,4,7,19H2. The van der Waals surface area contributed by atoms with Crippen molar-refractivity contribution in [3.05, 3.63) is 62.1 Å². The third-order valence-electron chi connectivity index (χ3n) is 4.52. The summed E-state index contributed by atoms with van der Waals surface area (Å²) in [7, 11) is 0. The Hall–Kier alpha value is -2.80. The summed E-state index contributed by atoms with van der Waals surface area (Å²) in [5, 5.41) is 11.7. The molecule has 3 aromatic rings. The van der Waals surface area contributed by atoms with Gasteiger partial charge in [0.25, 0.3) is 5.69 Å². The van der Waals surface area contributed by atoms with Gasteiger partial charge in [-0.1, -0.05) is 12.1 Å². The highest BCUT2D eigenvalue weighted by Gasteiger charge is 2.22. The quantitative estimate of drug-likeness (QED) is 0.437. The van der Waals surface area contributed by atoms with Crippen molar-refractivity contribution in [2.24, 2.45) is 0 Å². The van der Waals surface area contributed by atoms with E-state index in [4.69, 9.17) is 10.7 Å². The number of nitro groups is 1. The van der Waals surface area contributed by atoms with Crippen molar-refractivity contribution >= 4 is 38.7 Å². The van der Waals surface area contributed by atoms with E-state index in [1.54, 1.807) is 6.07 Å². The first-order valence-electron chi connectivity index (χ1n) is 8.04. The molecule has 2 heterocycles. The monoisotopic (exact) mass is 353 g/mol. The lowest BCUT2D eigenvalue weighted by Crippen LogP contribution is -2.05. The molecule has 2 N–H and O–H groups in total. The zero-order valence-electron chi connectivity index (χ0n) is 13.3. The average Bonchev–Trinajstić information content (AvgIpc) is 2.95. The van der Waals surface area contributed by atoms with Crippen LogP contribution in [0, 0.1) is 10.1 Å². The number of benzene rings is 1. The summed E-state index contributed by atoms with van der Waals surface area (Å²) in [4.78, 5) is 29.1. The number of thiophene rings is 1. The van der Waals surface area contributed by atoms with Crippen LogP contribution in [0.15, 0.2) is 30.3 Å². The second-order valence-electron chi connectivity index (χ2n) is 6.14. The molecule has 0 radical (unpaired) electrons. The minimum absolute atomic E-state index is 0.112. The Kier molecular flexibility index (Phi) is 3.73. The molecule has 1 aliphatic carbocycles. The molecule has 0 amide bonds. The highest BCUT2D eigenvalue weighted by atomic mass is 32.1. The van der Waals surface area contributed by atoms with E-state index < -0.39 is 4.92 Å². The maximum Gasteiger partial charge on any atom is 0.270 e. The number of carbonyl (C=O) groups is 1. The van der Waals surface area contributed by atoms with E-state index in [0.717, 1.165) is 41.6 Å². The summed E-state index contributed by atoms with van der Waals surface area (Å²) in [6, 6.07) is 7.77. The molecular weight excluding hydrogens is 338 g/mol. The van der Waals surface area contributed by atoms with Gasteiger partial charge in [0.2, 0.25) is 5.78 Å². The van der Waals surface area contributed by atoms with Crippen molar-refractivity contribution in [1.29, 1.82) is 0 Å². The van der Waals surface area contributed by atoms with Crippen LogP contribution >= 0.6 is 11.3 Å². The largest absolute Gasteiger partial charge is 0.397 e. The number of nitro benzene ring substituents is 1. The molecule has 0 bridgehead atoms. The topological polar surface area (TPSA) is 99.1 Å². The molecule has 25 heavy (non-hydrogen) atoms. The van der Waals surface area contributed by atoms with E-state index in [9.17, 15) is 14.9 Å². The van der Waals surface area contributed by atoms with Gasteiger partial charge in [0.15, 0.2) is 0 Å². The van der Waals surface area contributed by atoms with Crippen molar-refractivity contribution < 1.29 is 9.72 Å². The lowest BCUT2D eigenvalue weighted by molar-refractivity contribution is -0.384. The highest BCUT2D eigenvalue weighted by molar-refractivity contribution is 7.21. The van der Waals surface area contributed by atoms with Crippen LogP contribution < -0.4 is 5.73 Å². The lowest BCUT2D eigenvalue weighted by atomic mass is 9.95. The third kappa shape index (κ3) is 2.66. The maximum atomic E-state index is 12.8. The fourth-order valence-corrected chi connectivity index (χ4v) is 4.28. The summed E-state index contributed by atoms with van der Waals surface area (Å²) < 4.78 is 0. The van der Waals surface area contributed by atoms with Crippen LogP contribution in [-0.4, -0.2) is 15.7 Å². The average molecular weight is 353 g/mol. The lowest BCUT2D eigenvalue weighted by Gasteiger charge is -2.14. The first kappa shape index (κ1) is 15.7. The number of ketones is 1. The van der Waals surface area contributed by atoms with Gasteiger partial charge in [0, 0.05) is 28.8 Å². The predicted molar refractivity (Wildman–Crippen MR) is 97.2 cm³/mol. The molecule has 1 aromatic carbocycles. The molecule has 0 saturated carbocycles. The number of nitrogens with zero attached hydrogens (tertiary/aromatic N) is 2. The number of aryl methyl sites for hydroxylation is 2. The first-order chi connectivity index (χ1) is 12.0. The Labute approximate surface area is 147 Å². The van der Waals surface area contributed by atoms with Crippen LogP contribution in [0.3, 0.4) is 0 Å². The molecule has 0 spiro atoms. The van der Waals surface area contributed by atoms with Crippen molar-refractivity contribution in [3.8, 4) is 0 Å². The Morgan fingerprint density at radius 2 is 2.04 bits per heavy atom. The minimum Gasteiger partial charge on any atom is -0.397 e. The minimum atomic E-state index is -0.513. The van der Waals surface area contributed by atoms with Crippen molar-refractivity contribution in [2.75, 3.05) is 5.73 Å². The Bertz CT molecular complexity index is 1030. The summed E-state index contributed by atoms with van der Waals surface area (Å²) in [6.45, 7) is 0. The van der Waals surface area contributed by atoms with Gasteiger partial charge in [-0.2, -0.15) is 0 Å². The number of rotatable bonds is 3. The van der Waals surface area contributed by atoms with E-state index in [-0.39, 0.29) is 17.0 Å². The van der Waals surface area contributed by atoms with Gasteiger partial charge in [-0.05, 0) is 37.3 Å². The van der Waals surface area contributed by atoms with E-state index in [1.165, 1.54) is 35.1 Å². The molecule has 7 heteroatoms. The highest BCUT2D eigenvalue weighted by Crippen LogP contribution is 2.36. The van der Waals surface area contributed by atoms with Crippen LogP contribution in [0.5, 0.6) is 0 Å². The SMILES string of the molecule is Nc1c(C(=O)c2cccc([N+](=O)[O-])c2)sc2nc3c(cc12)CCCC3. The maximum absolute atomic E-state index is 12.8. The number of nitrogens with two attached hydrogens (primary N) is 1. The van der Waals surface area contributed by atoms with Gasteiger partial charge in [-0.3, -0.25) is 14.9 Å². The van der Waals surface area contributed by atoms with Crippen molar-refractivity contribution in [2.45, 2.75) is 25.7 Å².